The van der Waals surface area contributed by atoms with Crippen LogP contribution in [0.4, 0.5) is 8.78 Å². The Morgan fingerprint density at radius 1 is 1.12 bits per heavy atom. The molecular formula is C16H12F2N2O4S. The van der Waals surface area contributed by atoms with Crippen LogP contribution >= 0.6 is 0 Å². The SMILES string of the molecule is Cc1cncc(-n2c(-c3cc(F)c(S(C)(=O)=O)c(F)c3)coc2=O)c1. The Kier molecular flexibility index (Phi) is 4.03. The van der Waals surface area contributed by atoms with Crippen molar-refractivity contribution in [3.05, 3.63) is 64.6 Å². The van der Waals surface area contributed by atoms with Crippen molar-refractivity contribution in [2.45, 2.75) is 11.8 Å². The molecule has 130 valence electrons. The quantitative estimate of drug-likeness (QED) is 0.711. The highest BCUT2D eigenvalue weighted by Crippen LogP contribution is 2.28. The largest absolute Gasteiger partial charge is 0.424 e. The molecule has 0 aliphatic carbocycles. The monoisotopic (exact) mass is 366 g/mol. The molecule has 6 nitrogen and oxygen atoms in total. The minimum atomic E-state index is -4.08. The van der Waals surface area contributed by atoms with E-state index in [0.29, 0.717) is 11.9 Å². The summed E-state index contributed by atoms with van der Waals surface area (Å²) >= 11 is 0. The normalized spacial score (nSPS) is 11.7. The number of halogens is 2. The molecule has 0 bridgehead atoms. The van der Waals surface area contributed by atoms with E-state index < -0.39 is 32.1 Å². The summed E-state index contributed by atoms with van der Waals surface area (Å²) in [6.45, 7) is 1.77. The van der Waals surface area contributed by atoms with Crippen molar-refractivity contribution in [1.82, 2.24) is 9.55 Å². The molecule has 2 heterocycles. The highest BCUT2D eigenvalue weighted by atomic mass is 32.2. The average molecular weight is 366 g/mol. The molecule has 0 amide bonds. The summed E-state index contributed by atoms with van der Waals surface area (Å²) in [4.78, 5) is 15.0. The van der Waals surface area contributed by atoms with E-state index in [9.17, 15) is 22.0 Å². The van der Waals surface area contributed by atoms with Gasteiger partial charge in [0.2, 0.25) is 0 Å². The van der Waals surface area contributed by atoms with Gasteiger partial charge in [-0.1, -0.05) is 0 Å². The van der Waals surface area contributed by atoms with E-state index in [4.69, 9.17) is 4.42 Å². The minimum Gasteiger partial charge on any atom is -0.415 e. The number of pyridine rings is 1. The van der Waals surface area contributed by atoms with Crippen molar-refractivity contribution in [3.63, 3.8) is 0 Å². The molecule has 0 spiro atoms. The first-order valence-electron chi connectivity index (χ1n) is 7.00. The molecule has 3 rings (SSSR count). The van der Waals surface area contributed by atoms with Crippen LogP contribution in [0.3, 0.4) is 0 Å². The first-order valence-corrected chi connectivity index (χ1v) is 8.89. The second-order valence-corrected chi connectivity index (χ2v) is 7.44. The number of hydrogen-bond acceptors (Lipinski definition) is 5. The predicted molar refractivity (Wildman–Crippen MR) is 85.3 cm³/mol. The molecule has 0 radical (unpaired) electrons. The fourth-order valence-corrected chi connectivity index (χ4v) is 3.30. The smallest absolute Gasteiger partial charge is 0.415 e. The molecule has 2 aromatic heterocycles. The summed E-state index contributed by atoms with van der Waals surface area (Å²) in [5.41, 5.74) is 1.13. The van der Waals surface area contributed by atoms with Crippen molar-refractivity contribution >= 4 is 9.84 Å². The second-order valence-electron chi connectivity index (χ2n) is 5.48. The molecule has 0 unspecified atom stereocenters. The zero-order valence-corrected chi connectivity index (χ0v) is 14.0. The molecule has 0 atom stereocenters. The third-order valence-corrected chi connectivity index (χ3v) is 4.61. The van der Waals surface area contributed by atoms with E-state index in [1.807, 2.05) is 0 Å². The van der Waals surface area contributed by atoms with Gasteiger partial charge >= 0.3 is 5.76 Å². The molecule has 0 fully saturated rings. The molecule has 9 heteroatoms. The standard InChI is InChI=1S/C16H12F2N2O4S/c1-9-3-11(7-19-6-9)20-14(8-24-16(20)21)10-4-12(17)15(13(18)5-10)25(2,22)23/h3-8H,1-2H3. The van der Waals surface area contributed by atoms with Crippen molar-refractivity contribution in [2.24, 2.45) is 0 Å². The summed E-state index contributed by atoms with van der Waals surface area (Å²) < 4.78 is 57.2. The molecule has 0 saturated carbocycles. The zero-order chi connectivity index (χ0) is 18.4. The van der Waals surface area contributed by atoms with Crippen LogP contribution in [0, 0.1) is 18.6 Å². The van der Waals surface area contributed by atoms with E-state index in [-0.39, 0.29) is 11.3 Å². The van der Waals surface area contributed by atoms with Gasteiger partial charge in [-0.2, -0.15) is 0 Å². The number of hydrogen-bond donors (Lipinski definition) is 0. The number of oxazole rings is 1. The second kappa shape index (κ2) is 5.92. The Bertz CT molecular complexity index is 1110. The Labute approximate surface area is 141 Å². The predicted octanol–water partition coefficient (Wildman–Crippen LogP) is 2.48. The van der Waals surface area contributed by atoms with Crippen molar-refractivity contribution in [2.75, 3.05) is 6.26 Å². The van der Waals surface area contributed by atoms with Crippen LogP contribution in [-0.4, -0.2) is 24.2 Å². The van der Waals surface area contributed by atoms with Crippen molar-refractivity contribution in [3.8, 4) is 16.9 Å². The van der Waals surface area contributed by atoms with Gasteiger partial charge in [0, 0.05) is 18.0 Å². The maximum Gasteiger partial charge on any atom is 0.424 e. The maximum atomic E-state index is 14.1. The number of nitrogens with zero attached hydrogens (tertiary/aromatic N) is 2. The van der Waals surface area contributed by atoms with Gasteiger partial charge in [0.15, 0.2) is 9.84 Å². The van der Waals surface area contributed by atoms with Crippen LogP contribution in [0.2, 0.25) is 0 Å². The topological polar surface area (TPSA) is 82.2 Å². The molecule has 0 N–H and O–H groups in total. The number of sulfone groups is 1. The summed E-state index contributed by atoms with van der Waals surface area (Å²) in [5, 5.41) is 0. The fourth-order valence-electron chi connectivity index (χ4n) is 2.47. The molecular weight excluding hydrogens is 354 g/mol. The number of rotatable bonds is 3. The molecule has 0 saturated heterocycles. The lowest BCUT2D eigenvalue weighted by Crippen LogP contribution is -2.14. The molecule has 25 heavy (non-hydrogen) atoms. The Hall–Kier alpha value is -2.81. The average Bonchev–Trinajstić information content (AvgIpc) is 2.86. The van der Waals surface area contributed by atoms with Gasteiger partial charge in [-0.15, -0.1) is 0 Å². The number of aromatic nitrogens is 2. The fraction of sp³-hybridized carbons (Fsp3) is 0.125. The van der Waals surface area contributed by atoms with Gasteiger partial charge in [-0.25, -0.2) is 26.6 Å². The highest BCUT2D eigenvalue weighted by molar-refractivity contribution is 7.90. The molecule has 0 aliphatic rings. The van der Waals surface area contributed by atoms with Crippen molar-refractivity contribution in [1.29, 1.82) is 0 Å². The summed E-state index contributed by atoms with van der Waals surface area (Å²) in [7, 11) is -4.08. The van der Waals surface area contributed by atoms with Gasteiger partial charge in [0.25, 0.3) is 0 Å². The van der Waals surface area contributed by atoms with E-state index in [1.54, 1.807) is 19.2 Å². The maximum absolute atomic E-state index is 14.1. The van der Waals surface area contributed by atoms with E-state index in [0.717, 1.165) is 28.5 Å². The molecule has 3 aromatic rings. The Morgan fingerprint density at radius 2 is 1.76 bits per heavy atom. The van der Waals surface area contributed by atoms with E-state index in [1.165, 1.54) is 6.20 Å². The Balaban J connectivity index is 2.25. The first-order chi connectivity index (χ1) is 11.7. The number of benzene rings is 1. The summed E-state index contributed by atoms with van der Waals surface area (Å²) in [6.07, 6.45) is 4.72. The van der Waals surface area contributed by atoms with Gasteiger partial charge in [0.1, 0.15) is 22.8 Å². The first kappa shape index (κ1) is 17.0. The lowest BCUT2D eigenvalue weighted by Gasteiger charge is -2.09. The van der Waals surface area contributed by atoms with Gasteiger partial charge in [-0.3, -0.25) is 4.98 Å². The highest BCUT2D eigenvalue weighted by Gasteiger charge is 2.23. The van der Waals surface area contributed by atoms with Gasteiger partial charge in [-0.05, 0) is 30.7 Å². The van der Waals surface area contributed by atoms with Crippen LogP contribution in [0.25, 0.3) is 16.9 Å². The van der Waals surface area contributed by atoms with E-state index >= 15 is 0 Å². The molecule has 0 aliphatic heterocycles. The van der Waals surface area contributed by atoms with Crippen molar-refractivity contribution < 1.29 is 21.6 Å². The van der Waals surface area contributed by atoms with Crippen LogP contribution in [-0.2, 0) is 9.84 Å². The zero-order valence-electron chi connectivity index (χ0n) is 13.2. The third kappa shape index (κ3) is 3.10. The van der Waals surface area contributed by atoms with E-state index in [2.05, 4.69) is 4.98 Å². The van der Waals surface area contributed by atoms with Crippen LogP contribution in [0.1, 0.15) is 5.56 Å². The minimum absolute atomic E-state index is 0.0465. The van der Waals surface area contributed by atoms with Gasteiger partial charge < -0.3 is 4.42 Å². The third-order valence-electron chi connectivity index (χ3n) is 3.48. The summed E-state index contributed by atoms with van der Waals surface area (Å²) in [5.74, 6) is -3.27. The lowest BCUT2D eigenvalue weighted by atomic mass is 10.1. The summed E-state index contributed by atoms with van der Waals surface area (Å²) in [6, 6.07) is 3.32. The van der Waals surface area contributed by atoms with Crippen LogP contribution in [0.5, 0.6) is 0 Å². The molecule has 1 aromatic carbocycles. The number of aryl methyl sites for hydroxylation is 1. The lowest BCUT2D eigenvalue weighted by molar-refractivity contribution is 0.504. The van der Waals surface area contributed by atoms with Crippen LogP contribution in [0.15, 0.2) is 51.0 Å². The van der Waals surface area contributed by atoms with Gasteiger partial charge in [0.05, 0.1) is 17.6 Å². The van der Waals surface area contributed by atoms with Crippen LogP contribution < -0.4 is 5.76 Å². The Morgan fingerprint density at radius 3 is 2.32 bits per heavy atom.